The average molecular weight is 205 g/mol. The van der Waals surface area contributed by atoms with E-state index in [4.69, 9.17) is 0 Å². The number of halogens is 1. The molecule has 1 aromatic heterocycles. The number of hydrogen-bond donors (Lipinski definition) is 2. The lowest BCUT2D eigenvalue weighted by Crippen LogP contribution is -2.12. The summed E-state index contributed by atoms with van der Waals surface area (Å²) in [7, 11) is 0. The van der Waals surface area contributed by atoms with Crippen molar-refractivity contribution in [1.29, 1.82) is 0 Å². The molecule has 78 valence electrons. The molecule has 15 heavy (non-hydrogen) atoms. The molecule has 0 aliphatic rings. The van der Waals surface area contributed by atoms with Gasteiger partial charge in [-0.2, -0.15) is 0 Å². The molecule has 0 fully saturated rings. The topological polar surface area (TPSA) is 40.7 Å². The van der Waals surface area contributed by atoms with Crippen molar-refractivity contribution in [2.45, 2.75) is 13.1 Å². The molecule has 0 amide bonds. The van der Waals surface area contributed by atoms with Crippen LogP contribution in [0.4, 0.5) is 4.39 Å². The van der Waals surface area contributed by atoms with Crippen LogP contribution in [0.5, 0.6) is 0 Å². The fraction of sp³-hybridized carbons (Fsp3) is 0.182. The van der Waals surface area contributed by atoms with Crippen LogP contribution in [0, 0.1) is 5.82 Å². The first kappa shape index (κ1) is 9.86. The van der Waals surface area contributed by atoms with E-state index in [9.17, 15) is 4.39 Å². The summed E-state index contributed by atoms with van der Waals surface area (Å²) in [6.45, 7) is 1.35. The fourth-order valence-corrected chi connectivity index (χ4v) is 1.37. The van der Waals surface area contributed by atoms with E-state index in [2.05, 4.69) is 15.3 Å². The van der Waals surface area contributed by atoms with Crippen LogP contribution in [0.3, 0.4) is 0 Å². The number of hydrogen-bond acceptors (Lipinski definition) is 2. The number of H-pyrrole nitrogens is 1. The molecule has 1 heterocycles. The number of nitrogens with zero attached hydrogens (tertiary/aromatic N) is 1. The highest BCUT2D eigenvalue weighted by Gasteiger charge is 1.96. The molecule has 0 saturated heterocycles. The first-order chi connectivity index (χ1) is 7.34. The van der Waals surface area contributed by atoms with Crippen LogP contribution in [0.1, 0.15) is 11.3 Å². The maximum atomic E-state index is 12.8. The van der Waals surface area contributed by atoms with Gasteiger partial charge in [0.05, 0.1) is 6.33 Å². The van der Waals surface area contributed by atoms with Crippen molar-refractivity contribution in [2.24, 2.45) is 0 Å². The summed E-state index contributed by atoms with van der Waals surface area (Å²) in [5, 5.41) is 3.19. The summed E-state index contributed by atoms with van der Waals surface area (Å²) in [6.07, 6.45) is 3.40. The van der Waals surface area contributed by atoms with E-state index in [1.54, 1.807) is 18.6 Å². The molecule has 0 aliphatic heterocycles. The Morgan fingerprint density at radius 3 is 3.00 bits per heavy atom. The molecule has 0 bridgehead atoms. The van der Waals surface area contributed by atoms with Crippen molar-refractivity contribution < 1.29 is 4.39 Å². The first-order valence-corrected chi connectivity index (χ1v) is 4.77. The van der Waals surface area contributed by atoms with E-state index in [0.717, 1.165) is 11.3 Å². The van der Waals surface area contributed by atoms with Gasteiger partial charge in [0.15, 0.2) is 0 Å². The molecule has 0 unspecified atom stereocenters. The average Bonchev–Trinajstić information content (AvgIpc) is 2.71. The predicted octanol–water partition coefficient (Wildman–Crippen LogP) is 1.84. The van der Waals surface area contributed by atoms with Gasteiger partial charge in [0.25, 0.3) is 0 Å². The van der Waals surface area contributed by atoms with E-state index < -0.39 is 0 Å². The largest absolute Gasteiger partial charge is 0.347 e. The fourth-order valence-electron chi connectivity index (χ4n) is 1.37. The van der Waals surface area contributed by atoms with Crippen LogP contribution >= 0.6 is 0 Å². The molecule has 0 atom stereocenters. The third-order valence-electron chi connectivity index (χ3n) is 2.09. The van der Waals surface area contributed by atoms with Gasteiger partial charge in [-0.1, -0.05) is 12.1 Å². The van der Waals surface area contributed by atoms with Gasteiger partial charge >= 0.3 is 0 Å². The highest BCUT2D eigenvalue weighted by molar-refractivity contribution is 5.16. The smallest absolute Gasteiger partial charge is 0.123 e. The molecule has 0 aliphatic carbocycles. The summed E-state index contributed by atoms with van der Waals surface area (Å²) in [4.78, 5) is 6.89. The zero-order valence-electron chi connectivity index (χ0n) is 8.20. The van der Waals surface area contributed by atoms with Crippen molar-refractivity contribution >= 4 is 0 Å². The number of aromatic amines is 1. The SMILES string of the molecule is Fc1cccc(CNCc2cnc[nH]2)c1. The van der Waals surface area contributed by atoms with Gasteiger partial charge in [0.1, 0.15) is 5.82 Å². The number of nitrogens with one attached hydrogen (secondary N) is 2. The molecular formula is C11H12FN3. The Labute approximate surface area is 87.4 Å². The Bertz CT molecular complexity index is 412. The third kappa shape index (κ3) is 2.89. The third-order valence-corrected chi connectivity index (χ3v) is 2.09. The van der Waals surface area contributed by atoms with Crippen molar-refractivity contribution in [3.05, 3.63) is 53.9 Å². The van der Waals surface area contributed by atoms with Crippen molar-refractivity contribution in [1.82, 2.24) is 15.3 Å². The lowest BCUT2D eigenvalue weighted by molar-refractivity contribution is 0.619. The Morgan fingerprint density at radius 1 is 1.33 bits per heavy atom. The van der Waals surface area contributed by atoms with Gasteiger partial charge in [0, 0.05) is 25.0 Å². The lowest BCUT2D eigenvalue weighted by Gasteiger charge is -2.03. The van der Waals surface area contributed by atoms with E-state index >= 15 is 0 Å². The van der Waals surface area contributed by atoms with Crippen molar-refractivity contribution in [2.75, 3.05) is 0 Å². The Kier molecular flexibility index (Phi) is 3.09. The predicted molar refractivity (Wildman–Crippen MR) is 55.5 cm³/mol. The number of imidazole rings is 1. The summed E-state index contributed by atoms with van der Waals surface area (Å²) < 4.78 is 12.8. The molecule has 4 heteroatoms. The molecule has 2 N–H and O–H groups in total. The standard InChI is InChI=1S/C11H12FN3/c12-10-3-1-2-9(4-10)5-13-6-11-7-14-8-15-11/h1-4,7-8,13H,5-6H2,(H,14,15). The molecule has 0 spiro atoms. The van der Waals surface area contributed by atoms with Crippen LogP contribution in [0.15, 0.2) is 36.8 Å². The number of aromatic nitrogens is 2. The van der Waals surface area contributed by atoms with Gasteiger partial charge in [0.2, 0.25) is 0 Å². The molecular weight excluding hydrogens is 193 g/mol. The first-order valence-electron chi connectivity index (χ1n) is 4.77. The molecule has 1 aromatic carbocycles. The summed E-state index contributed by atoms with van der Waals surface area (Å²) in [6, 6.07) is 6.57. The van der Waals surface area contributed by atoms with Crippen LogP contribution in [0.25, 0.3) is 0 Å². The Morgan fingerprint density at radius 2 is 2.27 bits per heavy atom. The number of rotatable bonds is 4. The quantitative estimate of drug-likeness (QED) is 0.799. The van der Waals surface area contributed by atoms with Crippen LogP contribution < -0.4 is 5.32 Å². The van der Waals surface area contributed by atoms with Gasteiger partial charge in [-0.15, -0.1) is 0 Å². The van der Waals surface area contributed by atoms with E-state index in [1.165, 1.54) is 12.1 Å². The number of benzene rings is 1. The van der Waals surface area contributed by atoms with E-state index in [1.807, 2.05) is 6.07 Å². The van der Waals surface area contributed by atoms with Gasteiger partial charge in [-0.05, 0) is 17.7 Å². The van der Waals surface area contributed by atoms with Gasteiger partial charge < -0.3 is 10.3 Å². The minimum Gasteiger partial charge on any atom is -0.347 e. The second-order valence-corrected chi connectivity index (χ2v) is 3.31. The molecule has 0 radical (unpaired) electrons. The zero-order valence-corrected chi connectivity index (χ0v) is 8.20. The highest BCUT2D eigenvalue weighted by Crippen LogP contribution is 2.03. The summed E-state index contributed by atoms with van der Waals surface area (Å²) in [5.74, 6) is -0.198. The van der Waals surface area contributed by atoms with Gasteiger partial charge in [-0.3, -0.25) is 0 Å². The van der Waals surface area contributed by atoms with E-state index in [-0.39, 0.29) is 5.82 Å². The monoisotopic (exact) mass is 205 g/mol. The normalized spacial score (nSPS) is 10.5. The van der Waals surface area contributed by atoms with Crippen LogP contribution in [-0.4, -0.2) is 9.97 Å². The highest BCUT2D eigenvalue weighted by atomic mass is 19.1. The maximum absolute atomic E-state index is 12.8. The second-order valence-electron chi connectivity index (χ2n) is 3.31. The van der Waals surface area contributed by atoms with Crippen molar-refractivity contribution in [3.8, 4) is 0 Å². The van der Waals surface area contributed by atoms with E-state index in [0.29, 0.717) is 13.1 Å². The molecule has 2 rings (SSSR count). The Balaban J connectivity index is 1.83. The minimum atomic E-state index is -0.198. The van der Waals surface area contributed by atoms with Crippen LogP contribution in [0.2, 0.25) is 0 Å². The Hall–Kier alpha value is -1.68. The molecule has 3 nitrogen and oxygen atoms in total. The second kappa shape index (κ2) is 4.70. The molecule has 0 saturated carbocycles. The zero-order chi connectivity index (χ0) is 10.5. The minimum absolute atomic E-state index is 0.198. The van der Waals surface area contributed by atoms with Crippen LogP contribution in [-0.2, 0) is 13.1 Å². The lowest BCUT2D eigenvalue weighted by atomic mass is 10.2. The summed E-state index contributed by atoms with van der Waals surface area (Å²) in [5.41, 5.74) is 1.96. The maximum Gasteiger partial charge on any atom is 0.123 e. The van der Waals surface area contributed by atoms with Crippen molar-refractivity contribution in [3.63, 3.8) is 0 Å². The molecule has 2 aromatic rings. The summed E-state index contributed by atoms with van der Waals surface area (Å²) >= 11 is 0. The van der Waals surface area contributed by atoms with Gasteiger partial charge in [-0.25, -0.2) is 9.37 Å².